The molecular formula is C11H11N5OS. The van der Waals surface area contributed by atoms with Crippen LogP contribution >= 0.6 is 11.8 Å². The molecular weight excluding hydrogens is 250 g/mol. The molecule has 6 nitrogen and oxygen atoms in total. The van der Waals surface area contributed by atoms with Gasteiger partial charge in [-0.3, -0.25) is 9.55 Å². The Balaban J connectivity index is 2.35. The molecule has 7 heteroatoms. The molecule has 0 saturated carbocycles. The number of hydrogen-bond acceptors (Lipinski definition) is 5. The average molecular weight is 261 g/mol. The summed E-state index contributed by atoms with van der Waals surface area (Å²) in [6, 6.07) is 3.72. The molecule has 0 radical (unpaired) electrons. The first-order chi connectivity index (χ1) is 8.76. The van der Waals surface area contributed by atoms with Crippen molar-refractivity contribution in [2.45, 2.75) is 29.9 Å². The van der Waals surface area contributed by atoms with E-state index in [0.717, 1.165) is 6.42 Å². The van der Waals surface area contributed by atoms with E-state index in [1.165, 1.54) is 11.8 Å². The van der Waals surface area contributed by atoms with Crippen LogP contribution in [0.3, 0.4) is 0 Å². The second-order valence-electron chi connectivity index (χ2n) is 3.55. The SMILES string of the molecule is CCCn1c(Sc2cnccc2C#N)n[nH]c1=O. The molecule has 0 aromatic carbocycles. The van der Waals surface area contributed by atoms with Crippen molar-refractivity contribution in [3.8, 4) is 6.07 Å². The highest BCUT2D eigenvalue weighted by atomic mass is 32.2. The van der Waals surface area contributed by atoms with Gasteiger partial charge in [0.15, 0.2) is 5.16 Å². The molecule has 0 bridgehead atoms. The van der Waals surface area contributed by atoms with Crippen LogP contribution in [-0.4, -0.2) is 19.7 Å². The van der Waals surface area contributed by atoms with E-state index in [-0.39, 0.29) is 5.69 Å². The van der Waals surface area contributed by atoms with Crippen molar-refractivity contribution in [3.05, 3.63) is 34.5 Å². The predicted octanol–water partition coefficient (Wildman–Crippen LogP) is 1.40. The van der Waals surface area contributed by atoms with Crippen LogP contribution < -0.4 is 5.69 Å². The summed E-state index contributed by atoms with van der Waals surface area (Å²) in [7, 11) is 0. The first-order valence-electron chi connectivity index (χ1n) is 5.43. The Morgan fingerprint density at radius 1 is 1.61 bits per heavy atom. The van der Waals surface area contributed by atoms with Crippen molar-refractivity contribution < 1.29 is 0 Å². The van der Waals surface area contributed by atoms with Crippen molar-refractivity contribution in [1.82, 2.24) is 19.7 Å². The summed E-state index contributed by atoms with van der Waals surface area (Å²) < 4.78 is 1.55. The summed E-state index contributed by atoms with van der Waals surface area (Å²) >= 11 is 1.26. The van der Waals surface area contributed by atoms with Gasteiger partial charge in [-0.2, -0.15) is 5.26 Å². The molecule has 2 aromatic heterocycles. The highest BCUT2D eigenvalue weighted by Crippen LogP contribution is 2.27. The maximum atomic E-state index is 11.5. The van der Waals surface area contributed by atoms with E-state index >= 15 is 0 Å². The fourth-order valence-electron chi connectivity index (χ4n) is 1.45. The Bertz CT molecular complexity index is 639. The highest BCUT2D eigenvalue weighted by molar-refractivity contribution is 7.99. The molecule has 0 atom stereocenters. The van der Waals surface area contributed by atoms with Crippen molar-refractivity contribution >= 4 is 11.8 Å². The van der Waals surface area contributed by atoms with Crippen LogP contribution in [0.5, 0.6) is 0 Å². The van der Waals surface area contributed by atoms with Crippen LogP contribution in [0, 0.1) is 11.3 Å². The van der Waals surface area contributed by atoms with Crippen molar-refractivity contribution in [1.29, 1.82) is 5.26 Å². The van der Waals surface area contributed by atoms with Crippen LogP contribution in [0.4, 0.5) is 0 Å². The van der Waals surface area contributed by atoms with Crippen LogP contribution in [0.1, 0.15) is 18.9 Å². The van der Waals surface area contributed by atoms with Gasteiger partial charge >= 0.3 is 5.69 Å². The minimum Gasteiger partial charge on any atom is -0.270 e. The molecule has 0 amide bonds. The summed E-state index contributed by atoms with van der Waals surface area (Å²) in [5.41, 5.74) is 0.287. The first-order valence-corrected chi connectivity index (χ1v) is 6.25. The number of pyridine rings is 1. The van der Waals surface area contributed by atoms with Gasteiger partial charge < -0.3 is 0 Å². The van der Waals surface area contributed by atoms with E-state index < -0.39 is 0 Å². The fraction of sp³-hybridized carbons (Fsp3) is 0.273. The Labute approximate surface area is 108 Å². The van der Waals surface area contributed by atoms with Gasteiger partial charge in [0.1, 0.15) is 6.07 Å². The lowest BCUT2D eigenvalue weighted by Crippen LogP contribution is -2.17. The molecule has 18 heavy (non-hydrogen) atoms. The number of hydrogen-bond donors (Lipinski definition) is 1. The summed E-state index contributed by atoms with van der Waals surface area (Å²) in [5, 5.41) is 15.9. The molecule has 0 aliphatic rings. The molecule has 0 spiro atoms. The zero-order valence-electron chi connectivity index (χ0n) is 9.75. The Morgan fingerprint density at radius 2 is 2.44 bits per heavy atom. The number of aromatic nitrogens is 4. The van der Waals surface area contributed by atoms with Gasteiger partial charge in [0.05, 0.1) is 10.5 Å². The highest BCUT2D eigenvalue weighted by Gasteiger charge is 2.11. The van der Waals surface area contributed by atoms with E-state index in [2.05, 4.69) is 21.3 Å². The van der Waals surface area contributed by atoms with Crippen molar-refractivity contribution in [2.75, 3.05) is 0 Å². The zero-order valence-corrected chi connectivity index (χ0v) is 10.6. The lowest BCUT2D eigenvalue weighted by Gasteiger charge is -2.04. The maximum absolute atomic E-state index is 11.5. The number of nitrogens with one attached hydrogen (secondary N) is 1. The number of rotatable bonds is 4. The quantitative estimate of drug-likeness (QED) is 0.898. The third kappa shape index (κ3) is 2.43. The molecule has 2 rings (SSSR count). The van der Waals surface area contributed by atoms with E-state index in [9.17, 15) is 4.79 Å². The molecule has 0 aliphatic carbocycles. The zero-order chi connectivity index (χ0) is 13.0. The maximum Gasteiger partial charge on any atom is 0.343 e. The topological polar surface area (TPSA) is 87.4 Å². The molecule has 0 saturated heterocycles. The second-order valence-corrected chi connectivity index (χ2v) is 4.56. The van der Waals surface area contributed by atoms with Crippen LogP contribution in [0.15, 0.2) is 33.3 Å². The van der Waals surface area contributed by atoms with Crippen molar-refractivity contribution in [3.63, 3.8) is 0 Å². The Kier molecular flexibility index (Phi) is 3.79. The van der Waals surface area contributed by atoms with Crippen LogP contribution in [0.2, 0.25) is 0 Å². The van der Waals surface area contributed by atoms with Crippen LogP contribution in [-0.2, 0) is 6.54 Å². The lowest BCUT2D eigenvalue weighted by atomic mass is 10.3. The van der Waals surface area contributed by atoms with E-state index in [1.807, 2.05) is 6.92 Å². The van der Waals surface area contributed by atoms with Gasteiger partial charge in [0, 0.05) is 18.9 Å². The minimum atomic E-state index is -0.234. The summed E-state index contributed by atoms with van der Waals surface area (Å²) in [4.78, 5) is 16.2. The normalized spacial score (nSPS) is 10.2. The van der Waals surface area contributed by atoms with Gasteiger partial charge in [-0.15, -0.1) is 5.10 Å². The minimum absolute atomic E-state index is 0.234. The second kappa shape index (κ2) is 5.51. The number of nitrogens with zero attached hydrogens (tertiary/aromatic N) is 4. The molecule has 2 aromatic rings. The van der Waals surface area contributed by atoms with Gasteiger partial charge in [0.25, 0.3) is 0 Å². The average Bonchev–Trinajstić information content (AvgIpc) is 2.73. The standard InChI is InChI=1S/C11H11N5OS/c1-2-5-16-10(17)14-15-11(16)18-9-7-13-4-3-8(9)6-12/h3-4,7H,2,5H2,1H3,(H,14,17). The molecule has 0 fully saturated rings. The molecule has 1 N–H and O–H groups in total. The molecule has 0 unspecified atom stereocenters. The Hall–Kier alpha value is -2.07. The van der Waals surface area contributed by atoms with Gasteiger partial charge in [-0.1, -0.05) is 6.92 Å². The van der Waals surface area contributed by atoms with Gasteiger partial charge in [-0.05, 0) is 24.2 Å². The third-order valence-corrected chi connectivity index (χ3v) is 3.32. The van der Waals surface area contributed by atoms with E-state index in [0.29, 0.717) is 22.2 Å². The fourth-order valence-corrected chi connectivity index (χ4v) is 2.36. The molecule has 0 aliphatic heterocycles. The van der Waals surface area contributed by atoms with Crippen molar-refractivity contribution in [2.24, 2.45) is 0 Å². The predicted molar refractivity (Wildman–Crippen MR) is 66.2 cm³/mol. The summed E-state index contributed by atoms with van der Waals surface area (Å²) in [6.45, 7) is 2.58. The van der Waals surface area contributed by atoms with E-state index in [1.54, 1.807) is 23.0 Å². The number of aromatic amines is 1. The number of nitriles is 1. The summed E-state index contributed by atoms with van der Waals surface area (Å²) in [6.07, 6.45) is 4.00. The largest absolute Gasteiger partial charge is 0.343 e. The smallest absolute Gasteiger partial charge is 0.270 e. The number of H-pyrrole nitrogens is 1. The van der Waals surface area contributed by atoms with Gasteiger partial charge in [-0.25, -0.2) is 9.89 Å². The van der Waals surface area contributed by atoms with Crippen LogP contribution in [0.25, 0.3) is 0 Å². The summed E-state index contributed by atoms with van der Waals surface area (Å²) in [5.74, 6) is 0. The Morgan fingerprint density at radius 3 is 3.17 bits per heavy atom. The monoisotopic (exact) mass is 261 g/mol. The van der Waals surface area contributed by atoms with Gasteiger partial charge in [0.2, 0.25) is 0 Å². The molecule has 2 heterocycles. The lowest BCUT2D eigenvalue weighted by molar-refractivity contribution is 0.604. The van der Waals surface area contributed by atoms with E-state index in [4.69, 9.17) is 5.26 Å². The third-order valence-electron chi connectivity index (χ3n) is 2.28. The molecule has 92 valence electrons. The first kappa shape index (κ1) is 12.4.